The van der Waals surface area contributed by atoms with Crippen LogP contribution in [0.2, 0.25) is 0 Å². The van der Waals surface area contributed by atoms with Crippen molar-refractivity contribution in [2.24, 2.45) is 0 Å². The summed E-state index contributed by atoms with van der Waals surface area (Å²) in [7, 11) is 1.33. The summed E-state index contributed by atoms with van der Waals surface area (Å²) in [6, 6.07) is 8.06. The molecule has 2 rings (SSSR count). The van der Waals surface area contributed by atoms with Crippen molar-refractivity contribution in [3.8, 4) is 0 Å². The van der Waals surface area contributed by atoms with Crippen molar-refractivity contribution in [3.63, 3.8) is 0 Å². The summed E-state index contributed by atoms with van der Waals surface area (Å²) in [5.74, 6) is 0.0207. The lowest BCUT2D eigenvalue weighted by Crippen LogP contribution is -2.19. The van der Waals surface area contributed by atoms with Crippen molar-refractivity contribution in [1.29, 1.82) is 0 Å². The number of benzene rings is 1. The number of hydrogen-bond acceptors (Lipinski definition) is 5. The summed E-state index contributed by atoms with van der Waals surface area (Å²) in [5, 5.41) is 6.92. The molecule has 106 valence electrons. The van der Waals surface area contributed by atoms with Gasteiger partial charge in [0, 0.05) is 10.5 Å². The third-order valence-electron chi connectivity index (χ3n) is 2.99. The predicted octanol–water partition coefficient (Wildman–Crippen LogP) is 3.07. The number of nitrogens with one attached hydrogen (secondary N) is 1. The van der Waals surface area contributed by atoms with Crippen LogP contribution in [0.1, 0.15) is 34.6 Å². The first-order valence-corrected chi connectivity index (χ1v) is 6.92. The Kier molecular flexibility index (Phi) is 4.92. The molecule has 20 heavy (non-hydrogen) atoms. The Morgan fingerprint density at radius 1 is 1.50 bits per heavy atom. The lowest BCUT2D eigenvalue weighted by Gasteiger charge is -2.15. The second-order valence-electron chi connectivity index (χ2n) is 4.28. The lowest BCUT2D eigenvalue weighted by molar-refractivity contribution is 0.0598. The Balaban J connectivity index is 2.04. The maximum Gasteiger partial charge on any atom is 0.343 e. The van der Waals surface area contributed by atoms with Gasteiger partial charge in [-0.2, -0.15) is 0 Å². The summed E-state index contributed by atoms with van der Waals surface area (Å²) in [6.07, 6.45) is 1.37. The van der Waals surface area contributed by atoms with E-state index in [1.807, 2.05) is 31.2 Å². The van der Waals surface area contributed by atoms with Crippen LogP contribution in [0.4, 0.5) is 0 Å². The maximum atomic E-state index is 11.5. The molecule has 1 N–H and O–H groups in total. The van der Waals surface area contributed by atoms with Crippen LogP contribution in [0.15, 0.2) is 39.5 Å². The molecule has 1 atom stereocenters. The van der Waals surface area contributed by atoms with E-state index in [0.717, 1.165) is 10.0 Å². The Labute approximate surface area is 125 Å². The number of halogens is 1. The van der Waals surface area contributed by atoms with Gasteiger partial charge in [-0.15, -0.1) is 0 Å². The molecular weight excluding hydrogens is 324 g/mol. The van der Waals surface area contributed by atoms with Gasteiger partial charge in [-0.1, -0.05) is 39.3 Å². The average molecular weight is 339 g/mol. The fourth-order valence-electron chi connectivity index (χ4n) is 1.85. The normalized spacial score (nSPS) is 12.2. The number of aromatic nitrogens is 1. The first kappa shape index (κ1) is 14.7. The molecule has 2 aromatic rings. The molecule has 0 aliphatic carbocycles. The molecule has 1 heterocycles. The van der Waals surface area contributed by atoms with Gasteiger partial charge in [0.25, 0.3) is 0 Å². The number of ether oxygens (including phenoxy) is 1. The molecule has 0 radical (unpaired) electrons. The first-order chi connectivity index (χ1) is 9.63. The number of hydrogen-bond donors (Lipinski definition) is 1. The van der Waals surface area contributed by atoms with E-state index in [1.54, 1.807) is 0 Å². The monoisotopic (exact) mass is 338 g/mol. The molecule has 0 bridgehead atoms. The fourth-order valence-corrected chi connectivity index (χ4v) is 2.48. The highest BCUT2D eigenvalue weighted by atomic mass is 79.9. The van der Waals surface area contributed by atoms with Crippen LogP contribution >= 0.6 is 15.9 Å². The van der Waals surface area contributed by atoms with Crippen molar-refractivity contribution in [1.82, 2.24) is 10.5 Å². The smallest absolute Gasteiger partial charge is 0.343 e. The Morgan fingerprint density at radius 2 is 2.25 bits per heavy atom. The molecule has 6 heteroatoms. The zero-order valence-electron chi connectivity index (χ0n) is 11.2. The molecule has 0 saturated heterocycles. The van der Waals surface area contributed by atoms with Crippen LogP contribution in [0.5, 0.6) is 0 Å². The number of rotatable bonds is 5. The second kappa shape index (κ2) is 6.67. The fraction of sp³-hybridized carbons (Fsp3) is 0.286. The molecule has 0 aliphatic heterocycles. The van der Waals surface area contributed by atoms with E-state index in [0.29, 0.717) is 17.9 Å². The lowest BCUT2D eigenvalue weighted by atomic mass is 10.1. The quantitative estimate of drug-likeness (QED) is 0.848. The van der Waals surface area contributed by atoms with Crippen LogP contribution in [0, 0.1) is 0 Å². The summed E-state index contributed by atoms with van der Waals surface area (Å²) in [4.78, 5) is 11.5. The van der Waals surface area contributed by atoms with E-state index in [9.17, 15) is 4.79 Å². The Bertz CT molecular complexity index is 598. The van der Waals surface area contributed by atoms with E-state index in [1.165, 1.54) is 13.3 Å². The summed E-state index contributed by atoms with van der Waals surface area (Å²) in [6.45, 7) is 2.43. The van der Waals surface area contributed by atoms with Crippen LogP contribution < -0.4 is 5.32 Å². The van der Waals surface area contributed by atoms with Crippen molar-refractivity contribution in [2.75, 3.05) is 7.11 Å². The van der Waals surface area contributed by atoms with E-state index in [2.05, 4.69) is 31.1 Å². The molecular formula is C14H15BrN2O3. The highest BCUT2D eigenvalue weighted by Gasteiger charge is 2.17. The van der Waals surface area contributed by atoms with Crippen molar-refractivity contribution in [3.05, 3.63) is 51.8 Å². The molecule has 1 aromatic carbocycles. The first-order valence-electron chi connectivity index (χ1n) is 6.13. The number of nitrogens with zero attached hydrogens (tertiary/aromatic N) is 1. The zero-order valence-corrected chi connectivity index (χ0v) is 12.8. The third-order valence-corrected chi connectivity index (χ3v) is 3.71. The van der Waals surface area contributed by atoms with Gasteiger partial charge in [-0.3, -0.25) is 0 Å². The van der Waals surface area contributed by atoms with Gasteiger partial charge in [0.05, 0.1) is 19.9 Å². The molecule has 0 saturated carbocycles. The van der Waals surface area contributed by atoms with Crippen molar-refractivity contribution < 1.29 is 14.1 Å². The number of esters is 1. The van der Waals surface area contributed by atoms with Crippen LogP contribution in [0.3, 0.4) is 0 Å². The summed E-state index contributed by atoms with van der Waals surface area (Å²) < 4.78 is 10.8. The van der Waals surface area contributed by atoms with Gasteiger partial charge in [0.2, 0.25) is 0 Å². The summed E-state index contributed by atoms with van der Waals surface area (Å²) in [5.41, 5.74) is 1.48. The van der Waals surface area contributed by atoms with Crippen molar-refractivity contribution >= 4 is 21.9 Å². The molecule has 1 aromatic heterocycles. The third kappa shape index (κ3) is 3.26. The maximum absolute atomic E-state index is 11.5. The molecule has 0 amide bonds. The van der Waals surface area contributed by atoms with E-state index >= 15 is 0 Å². The van der Waals surface area contributed by atoms with Crippen LogP contribution in [-0.2, 0) is 11.3 Å². The van der Waals surface area contributed by atoms with Crippen LogP contribution in [-0.4, -0.2) is 18.2 Å². The highest BCUT2D eigenvalue weighted by molar-refractivity contribution is 9.10. The van der Waals surface area contributed by atoms with Crippen LogP contribution in [0.25, 0.3) is 0 Å². The van der Waals surface area contributed by atoms with Gasteiger partial charge in [-0.25, -0.2) is 4.79 Å². The predicted molar refractivity (Wildman–Crippen MR) is 77.2 cm³/mol. The van der Waals surface area contributed by atoms with E-state index < -0.39 is 5.97 Å². The Morgan fingerprint density at radius 3 is 2.95 bits per heavy atom. The zero-order chi connectivity index (χ0) is 14.5. The minimum absolute atomic E-state index is 0.0983. The minimum Gasteiger partial charge on any atom is -0.465 e. The standard InChI is InChI=1S/C14H15BrN2O3/c1-9(10-5-3-4-6-12(10)15)16-8-13-11(7-17-20-13)14(18)19-2/h3-7,9,16H,8H2,1-2H3/t9-/m1/s1. The molecule has 0 fully saturated rings. The van der Waals surface area contributed by atoms with E-state index in [-0.39, 0.29) is 6.04 Å². The SMILES string of the molecule is COC(=O)c1cnoc1CN[C@H](C)c1ccccc1Br. The topological polar surface area (TPSA) is 64.4 Å². The summed E-state index contributed by atoms with van der Waals surface area (Å²) >= 11 is 3.51. The molecule has 0 aliphatic rings. The molecule has 5 nitrogen and oxygen atoms in total. The number of carbonyl (C=O) groups is 1. The van der Waals surface area contributed by atoms with E-state index in [4.69, 9.17) is 4.52 Å². The molecule has 0 spiro atoms. The minimum atomic E-state index is -0.448. The number of carbonyl (C=O) groups excluding carboxylic acids is 1. The van der Waals surface area contributed by atoms with Crippen molar-refractivity contribution in [2.45, 2.75) is 19.5 Å². The molecule has 0 unspecified atom stereocenters. The highest BCUT2D eigenvalue weighted by Crippen LogP contribution is 2.23. The Hall–Kier alpha value is -1.66. The second-order valence-corrected chi connectivity index (χ2v) is 5.13. The van der Waals surface area contributed by atoms with Gasteiger partial charge in [0.15, 0.2) is 5.76 Å². The van der Waals surface area contributed by atoms with Gasteiger partial charge < -0.3 is 14.6 Å². The largest absolute Gasteiger partial charge is 0.465 e. The average Bonchev–Trinajstić information content (AvgIpc) is 2.93. The van der Waals surface area contributed by atoms with Gasteiger partial charge in [0.1, 0.15) is 5.56 Å². The number of methoxy groups -OCH3 is 1. The van der Waals surface area contributed by atoms with Gasteiger partial charge >= 0.3 is 5.97 Å². The van der Waals surface area contributed by atoms with Gasteiger partial charge in [-0.05, 0) is 18.6 Å².